The maximum Gasteiger partial charge on any atom is 0.328 e. The Morgan fingerprint density at radius 2 is 2.04 bits per heavy atom. The Bertz CT molecular complexity index is 850. The summed E-state index contributed by atoms with van der Waals surface area (Å²) in [6, 6.07) is 6.77. The Kier molecular flexibility index (Phi) is 3.61. The molecule has 1 aromatic heterocycles. The Hall–Kier alpha value is -3.09. The first kappa shape index (κ1) is 14.8. The molecule has 0 radical (unpaired) electrons. The number of carboxylic acids is 1. The summed E-state index contributed by atoms with van der Waals surface area (Å²) in [5.41, 5.74) is 1.55. The van der Waals surface area contributed by atoms with Crippen LogP contribution in [0.2, 0.25) is 0 Å². The molecule has 1 aromatic carbocycles. The summed E-state index contributed by atoms with van der Waals surface area (Å²) in [7, 11) is 0. The van der Waals surface area contributed by atoms with E-state index in [4.69, 9.17) is 0 Å². The van der Waals surface area contributed by atoms with Crippen LogP contribution >= 0.6 is 0 Å². The largest absolute Gasteiger partial charge is 0.548 e. The number of para-hydroxylation sites is 1. The van der Waals surface area contributed by atoms with Crippen LogP contribution in [0.15, 0.2) is 36.2 Å². The van der Waals surface area contributed by atoms with E-state index < -0.39 is 17.9 Å². The lowest BCUT2D eigenvalue weighted by molar-refractivity contribution is -0.306. The number of imide groups is 1. The number of amides is 3. The first-order chi connectivity index (χ1) is 11.0. The molecule has 1 saturated heterocycles. The number of aliphatic carboxylic acids is 1. The highest BCUT2D eigenvalue weighted by atomic mass is 16.4. The standard InChI is InChI=1S/C16H15N3O4/c1-2-19-15(22)12(17-16(19)23)7-10-8-18(9-14(20)21)13-6-4-3-5-11(10)13/h3-8H,2,9H2,1H3,(H,17,23)(H,20,21)/p-1/b12-7+. The van der Waals surface area contributed by atoms with Gasteiger partial charge < -0.3 is 19.8 Å². The molecule has 23 heavy (non-hydrogen) atoms. The number of nitrogens with zero attached hydrogens (tertiary/aromatic N) is 2. The van der Waals surface area contributed by atoms with Crippen LogP contribution in [-0.2, 0) is 16.1 Å². The van der Waals surface area contributed by atoms with E-state index in [1.54, 1.807) is 31.3 Å². The second kappa shape index (κ2) is 5.60. The molecular formula is C16H14N3O4-. The molecule has 0 atom stereocenters. The molecule has 0 unspecified atom stereocenters. The summed E-state index contributed by atoms with van der Waals surface area (Å²) in [6.07, 6.45) is 3.19. The quantitative estimate of drug-likeness (QED) is 0.649. The van der Waals surface area contributed by atoms with Crippen LogP contribution in [-0.4, -0.2) is 33.9 Å². The highest BCUT2D eigenvalue weighted by Crippen LogP contribution is 2.24. The SMILES string of the molecule is CCN1C(=O)N/C(=C/c2cn(CC(=O)[O-])c3ccccc23)C1=O. The van der Waals surface area contributed by atoms with Crippen molar-refractivity contribution in [3.63, 3.8) is 0 Å². The number of hydrogen-bond donors (Lipinski definition) is 1. The number of nitrogens with one attached hydrogen (secondary N) is 1. The molecule has 1 fully saturated rings. The van der Waals surface area contributed by atoms with Crippen molar-refractivity contribution >= 4 is 34.9 Å². The first-order valence-corrected chi connectivity index (χ1v) is 7.13. The van der Waals surface area contributed by atoms with Crippen LogP contribution in [0.3, 0.4) is 0 Å². The van der Waals surface area contributed by atoms with Crippen LogP contribution in [0.5, 0.6) is 0 Å². The predicted molar refractivity (Wildman–Crippen MR) is 80.8 cm³/mol. The number of hydrogen-bond acceptors (Lipinski definition) is 4. The van der Waals surface area contributed by atoms with Gasteiger partial charge in [-0.15, -0.1) is 0 Å². The maximum absolute atomic E-state index is 12.1. The van der Waals surface area contributed by atoms with E-state index in [9.17, 15) is 19.5 Å². The fourth-order valence-electron chi connectivity index (χ4n) is 2.67. The zero-order valence-electron chi connectivity index (χ0n) is 12.4. The molecule has 2 aromatic rings. The smallest absolute Gasteiger partial charge is 0.328 e. The van der Waals surface area contributed by atoms with E-state index in [1.807, 2.05) is 12.1 Å². The molecule has 118 valence electrons. The van der Waals surface area contributed by atoms with Gasteiger partial charge in [-0.25, -0.2) is 4.79 Å². The topological polar surface area (TPSA) is 94.5 Å². The van der Waals surface area contributed by atoms with Gasteiger partial charge in [-0.3, -0.25) is 9.69 Å². The third-order valence-electron chi connectivity index (χ3n) is 3.70. The molecule has 3 amide bonds. The number of fused-ring (bicyclic) bond motifs is 1. The molecule has 1 N–H and O–H groups in total. The zero-order valence-corrected chi connectivity index (χ0v) is 12.4. The van der Waals surface area contributed by atoms with Gasteiger partial charge in [-0.05, 0) is 19.1 Å². The number of carbonyl (C=O) groups excluding carboxylic acids is 3. The molecule has 1 aliphatic heterocycles. The van der Waals surface area contributed by atoms with E-state index in [-0.39, 0.29) is 18.8 Å². The average molecular weight is 312 g/mol. The number of rotatable bonds is 4. The summed E-state index contributed by atoms with van der Waals surface area (Å²) >= 11 is 0. The third-order valence-corrected chi connectivity index (χ3v) is 3.70. The van der Waals surface area contributed by atoms with Gasteiger partial charge in [0.1, 0.15) is 5.70 Å². The monoisotopic (exact) mass is 312 g/mol. The number of carbonyl (C=O) groups is 3. The van der Waals surface area contributed by atoms with Gasteiger partial charge in [0, 0.05) is 29.2 Å². The zero-order chi connectivity index (χ0) is 16.6. The molecule has 0 bridgehead atoms. The van der Waals surface area contributed by atoms with Crippen molar-refractivity contribution in [2.45, 2.75) is 13.5 Å². The fraction of sp³-hybridized carbons (Fsp3) is 0.188. The Labute approximate surface area is 131 Å². The van der Waals surface area contributed by atoms with Crippen molar-refractivity contribution in [3.05, 3.63) is 41.7 Å². The van der Waals surface area contributed by atoms with E-state index >= 15 is 0 Å². The average Bonchev–Trinajstić information content (AvgIpc) is 2.98. The summed E-state index contributed by atoms with van der Waals surface area (Å²) in [6.45, 7) is 1.71. The molecule has 0 saturated carbocycles. The van der Waals surface area contributed by atoms with Gasteiger partial charge in [0.2, 0.25) is 0 Å². The molecular weight excluding hydrogens is 298 g/mol. The van der Waals surface area contributed by atoms with Gasteiger partial charge in [-0.2, -0.15) is 0 Å². The van der Waals surface area contributed by atoms with Crippen molar-refractivity contribution in [2.75, 3.05) is 6.54 Å². The van der Waals surface area contributed by atoms with Gasteiger partial charge in [0.25, 0.3) is 5.91 Å². The minimum absolute atomic E-state index is 0.174. The number of benzene rings is 1. The van der Waals surface area contributed by atoms with Crippen LogP contribution in [0, 0.1) is 0 Å². The normalized spacial score (nSPS) is 16.4. The van der Waals surface area contributed by atoms with E-state index in [1.165, 1.54) is 4.57 Å². The molecule has 0 spiro atoms. The van der Waals surface area contributed by atoms with Crippen molar-refractivity contribution in [2.24, 2.45) is 0 Å². The summed E-state index contributed by atoms with van der Waals surface area (Å²) in [4.78, 5) is 35.8. The highest BCUT2D eigenvalue weighted by molar-refractivity contribution is 6.14. The first-order valence-electron chi connectivity index (χ1n) is 7.13. The molecule has 2 heterocycles. The second-order valence-electron chi connectivity index (χ2n) is 5.14. The Morgan fingerprint density at radius 1 is 1.30 bits per heavy atom. The molecule has 7 heteroatoms. The second-order valence-corrected chi connectivity index (χ2v) is 5.14. The van der Waals surface area contributed by atoms with Crippen molar-refractivity contribution in [1.29, 1.82) is 0 Å². The van der Waals surface area contributed by atoms with Crippen molar-refractivity contribution in [3.8, 4) is 0 Å². The molecule has 7 nitrogen and oxygen atoms in total. The van der Waals surface area contributed by atoms with E-state index in [2.05, 4.69) is 5.32 Å². The van der Waals surface area contributed by atoms with E-state index in [0.29, 0.717) is 11.1 Å². The third kappa shape index (κ3) is 2.57. The summed E-state index contributed by atoms with van der Waals surface area (Å²) < 4.78 is 1.54. The lowest BCUT2D eigenvalue weighted by Gasteiger charge is -2.05. The number of likely N-dealkylation sites (N-methyl/N-ethyl adjacent to an activating group) is 1. The molecule has 1 aliphatic rings. The minimum Gasteiger partial charge on any atom is -0.548 e. The number of urea groups is 1. The van der Waals surface area contributed by atoms with Crippen molar-refractivity contribution in [1.82, 2.24) is 14.8 Å². The van der Waals surface area contributed by atoms with Gasteiger partial charge >= 0.3 is 6.03 Å². The van der Waals surface area contributed by atoms with Gasteiger partial charge in [-0.1, -0.05) is 18.2 Å². The summed E-state index contributed by atoms with van der Waals surface area (Å²) in [5.74, 6) is -1.60. The minimum atomic E-state index is -1.20. The Morgan fingerprint density at radius 3 is 2.70 bits per heavy atom. The maximum atomic E-state index is 12.1. The predicted octanol–water partition coefficient (Wildman–Crippen LogP) is 0.304. The van der Waals surface area contributed by atoms with Crippen molar-refractivity contribution < 1.29 is 19.5 Å². The lowest BCUT2D eigenvalue weighted by atomic mass is 10.1. The van der Waals surface area contributed by atoms with Crippen LogP contribution < -0.4 is 10.4 Å². The van der Waals surface area contributed by atoms with Crippen LogP contribution in [0.4, 0.5) is 4.79 Å². The molecule has 0 aliphatic carbocycles. The van der Waals surface area contributed by atoms with Crippen LogP contribution in [0.1, 0.15) is 12.5 Å². The highest BCUT2D eigenvalue weighted by Gasteiger charge is 2.32. The van der Waals surface area contributed by atoms with Gasteiger partial charge in [0.05, 0.1) is 12.5 Å². The Balaban J connectivity index is 2.07. The lowest BCUT2D eigenvalue weighted by Crippen LogP contribution is -2.30. The van der Waals surface area contributed by atoms with E-state index in [0.717, 1.165) is 10.3 Å². The van der Waals surface area contributed by atoms with Gasteiger partial charge in [0.15, 0.2) is 0 Å². The number of carboxylic acid groups (broad SMARTS) is 1. The summed E-state index contributed by atoms with van der Waals surface area (Å²) in [5, 5.41) is 14.2. The van der Waals surface area contributed by atoms with Crippen LogP contribution in [0.25, 0.3) is 17.0 Å². The fourth-order valence-corrected chi connectivity index (χ4v) is 2.67. The molecule has 3 rings (SSSR count). The number of aromatic nitrogens is 1.